The number of piperidine rings is 1. The highest BCUT2D eigenvalue weighted by atomic mass is 32.1. The number of nitrogens with zero attached hydrogens (tertiary/aromatic N) is 1. The largest absolute Gasteiger partial charge is 0.497 e. The Bertz CT molecular complexity index is 766. The number of carbonyl (C=O) groups is 1. The van der Waals surface area contributed by atoms with Gasteiger partial charge in [-0.15, -0.1) is 0 Å². The number of methoxy groups -OCH3 is 1. The van der Waals surface area contributed by atoms with Crippen molar-refractivity contribution in [3.05, 3.63) is 46.2 Å². The smallest absolute Gasteiger partial charge is 0.255 e. The van der Waals surface area contributed by atoms with Gasteiger partial charge in [0.25, 0.3) is 5.91 Å². The number of likely N-dealkylation sites (tertiary alicyclic amines) is 1. The summed E-state index contributed by atoms with van der Waals surface area (Å²) in [4.78, 5) is 15.0. The molecular formula is C21H26N2O3S. The zero-order valence-corrected chi connectivity index (χ0v) is 16.5. The van der Waals surface area contributed by atoms with Gasteiger partial charge in [-0.3, -0.25) is 9.69 Å². The van der Waals surface area contributed by atoms with E-state index in [9.17, 15) is 4.79 Å². The van der Waals surface area contributed by atoms with Crippen LogP contribution in [-0.2, 0) is 6.54 Å². The fraction of sp³-hybridized carbons (Fsp3) is 0.476. The van der Waals surface area contributed by atoms with Crippen molar-refractivity contribution in [1.82, 2.24) is 10.2 Å². The van der Waals surface area contributed by atoms with E-state index >= 15 is 0 Å². The van der Waals surface area contributed by atoms with Gasteiger partial charge in [-0.25, -0.2) is 0 Å². The summed E-state index contributed by atoms with van der Waals surface area (Å²) in [7, 11) is 1.63. The Morgan fingerprint density at radius 2 is 2.04 bits per heavy atom. The van der Waals surface area contributed by atoms with E-state index in [1.165, 1.54) is 5.56 Å². The van der Waals surface area contributed by atoms with Crippen molar-refractivity contribution >= 4 is 17.2 Å². The highest BCUT2D eigenvalue weighted by Gasteiger charge is 2.27. The molecule has 1 aliphatic heterocycles. The van der Waals surface area contributed by atoms with Gasteiger partial charge < -0.3 is 14.8 Å². The summed E-state index contributed by atoms with van der Waals surface area (Å²) in [5.41, 5.74) is 1.98. The number of thiophene rings is 1. The van der Waals surface area contributed by atoms with Crippen molar-refractivity contribution in [2.24, 2.45) is 0 Å². The van der Waals surface area contributed by atoms with Gasteiger partial charge in [-0.05, 0) is 60.2 Å². The first-order valence-corrected chi connectivity index (χ1v) is 10.5. The van der Waals surface area contributed by atoms with Crippen molar-refractivity contribution < 1.29 is 14.3 Å². The van der Waals surface area contributed by atoms with Crippen molar-refractivity contribution in [3.8, 4) is 11.5 Å². The number of carbonyl (C=O) groups excluding carboxylic acids is 1. The van der Waals surface area contributed by atoms with Crippen molar-refractivity contribution in [1.29, 1.82) is 0 Å². The van der Waals surface area contributed by atoms with E-state index < -0.39 is 0 Å². The van der Waals surface area contributed by atoms with Gasteiger partial charge in [0.2, 0.25) is 0 Å². The predicted molar refractivity (Wildman–Crippen MR) is 107 cm³/mol. The lowest BCUT2D eigenvalue weighted by molar-refractivity contribution is 0.0889. The number of nitrogens with one attached hydrogen (secondary N) is 1. The van der Waals surface area contributed by atoms with Crippen molar-refractivity contribution in [2.45, 2.75) is 44.4 Å². The van der Waals surface area contributed by atoms with E-state index in [2.05, 4.69) is 27.0 Å². The normalized spacial score (nSPS) is 18.3. The quantitative estimate of drug-likeness (QED) is 0.788. The molecule has 0 unspecified atom stereocenters. The van der Waals surface area contributed by atoms with Gasteiger partial charge in [-0.2, -0.15) is 11.3 Å². The Balaban J connectivity index is 1.38. The second-order valence-corrected chi connectivity index (χ2v) is 8.11. The Labute approximate surface area is 164 Å². The van der Waals surface area contributed by atoms with E-state index in [1.807, 2.05) is 12.1 Å². The fourth-order valence-electron chi connectivity index (χ4n) is 3.41. The van der Waals surface area contributed by atoms with E-state index in [1.54, 1.807) is 24.5 Å². The molecule has 2 aliphatic rings. The molecule has 0 atom stereocenters. The monoisotopic (exact) mass is 386 g/mol. The summed E-state index contributed by atoms with van der Waals surface area (Å²) in [6, 6.07) is 7.97. The van der Waals surface area contributed by atoms with Crippen molar-refractivity contribution in [3.63, 3.8) is 0 Å². The average molecular weight is 387 g/mol. The first-order chi connectivity index (χ1) is 13.2. The minimum absolute atomic E-state index is 0.0509. The molecule has 1 amide bonds. The van der Waals surface area contributed by atoms with Crippen LogP contribution in [0.25, 0.3) is 0 Å². The third kappa shape index (κ3) is 4.82. The van der Waals surface area contributed by atoms with Crippen LogP contribution < -0.4 is 14.8 Å². The van der Waals surface area contributed by atoms with Crippen LogP contribution in [0.1, 0.15) is 41.6 Å². The molecule has 1 aromatic carbocycles. The molecule has 5 nitrogen and oxygen atoms in total. The fourth-order valence-corrected chi connectivity index (χ4v) is 4.07. The number of amides is 1. The molecule has 1 aromatic heterocycles. The highest BCUT2D eigenvalue weighted by Crippen LogP contribution is 2.29. The molecule has 1 saturated heterocycles. The number of benzene rings is 1. The maximum atomic E-state index is 12.5. The molecule has 6 heteroatoms. The predicted octanol–water partition coefficient (Wildman–Crippen LogP) is 3.69. The lowest BCUT2D eigenvalue weighted by Crippen LogP contribution is -2.38. The zero-order chi connectivity index (χ0) is 18.6. The maximum Gasteiger partial charge on any atom is 0.255 e. The van der Waals surface area contributed by atoms with Crippen LogP contribution in [0, 0.1) is 0 Å². The van der Waals surface area contributed by atoms with Crippen LogP contribution in [-0.4, -0.2) is 43.2 Å². The first kappa shape index (κ1) is 18.3. The lowest BCUT2D eigenvalue weighted by Gasteiger charge is -2.32. The number of rotatable bonds is 7. The van der Waals surface area contributed by atoms with Crippen LogP contribution in [0.15, 0.2) is 35.0 Å². The Hall–Kier alpha value is -2.05. The molecule has 144 valence electrons. The molecule has 0 bridgehead atoms. The van der Waals surface area contributed by atoms with E-state index in [-0.39, 0.29) is 12.0 Å². The van der Waals surface area contributed by atoms with Crippen molar-refractivity contribution in [2.75, 3.05) is 20.2 Å². The van der Waals surface area contributed by atoms with Gasteiger partial charge in [0.1, 0.15) is 17.6 Å². The molecule has 1 saturated carbocycles. The van der Waals surface area contributed by atoms with Gasteiger partial charge in [0, 0.05) is 31.7 Å². The van der Waals surface area contributed by atoms with Gasteiger partial charge >= 0.3 is 0 Å². The van der Waals surface area contributed by atoms with Gasteiger partial charge in [-0.1, -0.05) is 0 Å². The topological polar surface area (TPSA) is 50.8 Å². The van der Waals surface area contributed by atoms with Crippen LogP contribution in [0.4, 0.5) is 0 Å². The number of ether oxygens (including phenoxy) is 2. The van der Waals surface area contributed by atoms with Crippen LogP contribution in [0.5, 0.6) is 11.5 Å². The third-order valence-corrected chi connectivity index (χ3v) is 5.89. The third-order valence-electron chi connectivity index (χ3n) is 5.16. The Kier molecular flexibility index (Phi) is 5.64. The van der Waals surface area contributed by atoms with Gasteiger partial charge in [0.15, 0.2) is 0 Å². The SMILES string of the molecule is COc1ccc(C(=O)NC2CC2)c(OC2CCN(Cc3ccsc3)CC2)c1. The minimum atomic E-state index is -0.0509. The lowest BCUT2D eigenvalue weighted by atomic mass is 10.1. The summed E-state index contributed by atoms with van der Waals surface area (Å²) in [6.45, 7) is 3.02. The average Bonchev–Trinajstić information content (AvgIpc) is 3.35. The Morgan fingerprint density at radius 1 is 1.22 bits per heavy atom. The molecular weight excluding hydrogens is 360 g/mol. The highest BCUT2D eigenvalue weighted by molar-refractivity contribution is 7.07. The van der Waals surface area contributed by atoms with Crippen LogP contribution >= 0.6 is 11.3 Å². The summed E-state index contributed by atoms with van der Waals surface area (Å²) in [5, 5.41) is 7.39. The molecule has 0 spiro atoms. The molecule has 1 aliphatic carbocycles. The summed E-state index contributed by atoms with van der Waals surface area (Å²) >= 11 is 1.75. The second kappa shape index (κ2) is 8.31. The first-order valence-electron chi connectivity index (χ1n) is 9.60. The zero-order valence-electron chi connectivity index (χ0n) is 15.6. The minimum Gasteiger partial charge on any atom is -0.497 e. The molecule has 2 aromatic rings. The summed E-state index contributed by atoms with van der Waals surface area (Å²) in [6.07, 6.45) is 4.19. The number of hydrogen-bond donors (Lipinski definition) is 1. The molecule has 2 fully saturated rings. The maximum absolute atomic E-state index is 12.5. The molecule has 4 rings (SSSR count). The molecule has 2 heterocycles. The van der Waals surface area contributed by atoms with Gasteiger partial charge in [0.05, 0.1) is 12.7 Å². The number of hydrogen-bond acceptors (Lipinski definition) is 5. The van der Waals surface area contributed by atoms with Crippen LogP contribution in [0.2, 0.25) is 0 Å². The summed E-state index contributed by atoms with van der Waals surface area (Å²) < 4.78 is 11.6. The standard InChI is InChI=1S/C21H26N2O3S/c1-25-18-4-5-19(21(24)22-16-2-3-16)20(12-18)26-17-6-9-23(10-7-17)13-15-8-11-27-14-15/h4-5,8,11-12,14,16-17H,2-3,6-7,9-10,13H2,1H3,(H,22,24). The molecule has 1 N–H and O–H groups in total. The second-order valence-electron chi connectivity index (χ2n) is 7.33. The molecule has 0 radical (unpaired) electrons. The van der Waals surface area contributed by atoms with E-state index in [0.717, 1.165) is 45.3 Å². The summed E-state index contributed by atoms with van der Waals surface area (Å²) in [5.74, 6) is 1.29. The van der Waals surface area contributed by atoms with E-state index in [4.69, 9.17) is 9.47 Å². The van der Waals surface area contributed by atoms with E-state index in [0.29, 0.717) is 23.1 Å². The van der Waals surface area contributed by atoms with Crippen LogP contribution in [0.3, 0.4) is 0 Å². The molecule has 27 heavy (non-hydrogen) atoms. The Morgan fingerprint density at radius 3 is 2.70 bits per heavy atom.